The minimum Gasteiger partial charge on any atom is -0.507 e. The molecule has 1 aromatic carbocycles. The Hall–Kier alpha value is -2.50. The Morgan fingerprint density at radius 2 is 1.90 bits per heavy atom. The Balaban J connectivity index is 2.47. The molecule has 6 heteroatoms. The van der Waals surface area contributed by atoms with E-state index in [1.807, 2.05) is 0 Å². The average Bonchev–Trinajstić information content (AvgIpc) is 2.37. The highest BCUT2D eigenvalue weighted by atomic mass is 16.5. The van der Waals surface area contributed by atoms with E-state index in [0.717, 1.165) is 0 Å². The molecule has 1 amide bonds. The molecule has 6 nitrogen and oxygen atoms in total. The fourth-order valence-electron chi connectivity index (χ4n) is 1.47. The molecule has 0 fully saturated rings. The summed E-state index contributed by atoms with van der Waals surface area (Å²) < 4.78 is 4.70. The number of aromatic hydroxyl groups is 2. The van der Waals surface area contributed by atoms with Crippen molar-refractivity contribution in [3.63, 3.8) is 0 Å². The fourth-order valence-corrected chi connectivity index (χ4v) is 1.47. The first kappa shape index (κ1) is 15.6. The first-order valence-electron chi connectivity index (χ1n) is 6.01. The maximum absolute atomic E-state index is 11.7. The Morgan fingerprint density at radius 3 is 2.45 bits per heavy atom. The highest BCUT2D eigenvalue weighted by molar-refractivity contribution is 5.92. The number of carbonyl (C=O) groups is 2. The molecule has 3 N–H and O–H groups in total. The van der Waals surface area contributed by atoms with E-state index in [1.165, 1.54) is 25.1 Å². The number of hydrogen-bond donors (Lipinski definition) is 3. The van der Waals surface area contributed by atoms with Gasteiger partial charge in [-0.15, -0.1) is 0 Å². The van der Waals surface area contributed by atoms with Crippen LogP contribution >= 0.6 is 0 Å². The van der Waals surface area contributed by atoms with Crippen molar-refractivity contribution >= 4 is 11.9 Å². The summed E-state index contributed by atoms with van der Waals surface area (Å²) in [7, 11) is 0. The van der Waals surface area contributed by atoms with Crippen LogP contribution in [0.1, 0.15) is 18.9 Å². The van der Waals surface area contributed by atoms with Crippen molar-refractivity contribution in [3.8, 4) is 11.5 Å². The monoisotopic (exact) mass is 279 g/mol. The van der Waals surface area contributed by atoms with E-state index in [-0.39, 0.29) is 42.2 Å². The Morgan fingerprint density at radius 1 is 1.30 bits per heavy atom. The molecule has 0 aliphatic rings. The van der Waals surface area contributed by atoms with Crippen molar-refractivity contribution in [2.45, 2.75) is 19.9 Å². The van der Waals surface area contributed by atoms with Gasteiger partial charge in [0, 0.05) is 18.9 Å². The third-order valence-corrected chi connectivity index (χ3v) is 2.58. The molecule has 1 rings (SSSR count). The second-order valence-electron chi connectivity index (χ2n) is 4.15. The SMILES string of the molecule is C=C(CCOC(C)=O)C(=O)NCc1c(O)cccc1O. The molecular formula is C14H17NO5. The highest BCUT2D eigenvalue weighted by Gasteiger charge is 2.11. The van der Waals surface area contributed by atoms with Gasteiger partial charge in [-0.3, -0.25) is 9.59 Å². The van der Waals surface area contributed by atoms with E-state index < -0.39 is 11.9 Å². The number of rotatable bonds is 6. The summed E-state index contributed by atoms with van der Waals surface area (Å²) in [5.74, 6) is -1.05. The topological polar surface area (TPSA) is 95.9 Å². The summed E-state index contributed by atoms with van der Waals surface area (Å²) >= 11 is 0. The van der Waals surface area contributed by atoms with E-state index in [1.54, 1.807) is 0 Å². The maximum Gasteiger partial charge on any atom is 0.302 e. The van der Waals surface area contributed by atoms with Gasteiger partial charge in [-0.25, -0.2) is 0 Å². The molecule has 0 unspecified atom stereocenters. The van der Waals surface area contributed by atoms with Gasteiger partial charge >= 0.3 is 5.97 Å². The second-order valence-corrected chi connectivity index (χ2v) is 4.15. The Kier molecular flexibility index (Phi) is 5.58. The molecule has 0 heterocycles. The van der Waals surface area contributed by atoms with Gasteiger partial charge in [0.15, 0.2) is 0 Å². The van der Waals surface area contributed by atoms with Gasteiger partial charge in [0.05, 0.1) is 18.7 Å². The largest absolute Gasteiger partial charge is 0.507 e. The van der Waals surface area contributed by atoms with E-state index >= 15 is 0 Å². The van der Waals surface area contributed by atoms with Gasteiger partial charge in [0.1, 0.15) is 11.5 Å². The van der Waals surface area contributed by atoms with Crippen molar-refractivity contribution in [1.29, 1.82) is 0 Å². The number of nitrogens with one attached hydrogen (secondary N) is 1. The predicted molar refractivity (Wildman–Crippen MR) is 72.0 cm³/mol. The van der Waals surface area contributed by atoms with Crippen LogP contribution in [0.5, 0.6) is 11.5 Å². The zero-order valence-corrected chi connectivity index (χ0v) is 11.2. The van der Waals surface area contributed by atoms with Gasteiger partial charge in [-0.2, -0.15) is 0 Å². The highest BCUT2D eigenvalue weighted by Crippen LogP contribution is 2.25. The molecule has 1 aromatic rings. The van der Waals surface area contributed by atoms with Gasteiger partial charge in [0.2, 0.25) is 5.91 Å². The molecule has 0 bridgehead atoms. The lowest BCUT2D eigenvalue weighted by atomic mass is 10.1. The number of phenols is 2. The van der Waals surface area contributed by atoms with Crippen LogP contribution < -0.4 is 5.32 Å². The summed E-state index contributed by atoms with van der Waals surface area (Å²) in [5.41, 5.74) is 0.481. The first-order chi connectivity index (χ1) is 9.41. The van der Waals surface area contributed by atoms with Crippen LogP contribution in [0.25, 0.3) is 0 Å². The molecular weight excluding hydrogens is 262 g/mol. The molecule has 0 radical (unpaired) electrons. The summed E-state index contributed by atoms with van der Waals surface area (Å²) in [4.78, 5) is 22.3. The summed E-state index contributed by atoms with van der Waals surface area (Å²) in [6, 6.07) is 4.32. The molecule has 108 valence electrons. The van der Waals surface area contributed by atoms with Crippen LogP contribution in [0.15, 0.2) is 30.4 Å². The Bertz CT molecular complexity index is 504. The normalized spacial score (nSPS) is 9.85. The van der Waals surface area contributed by atoms with Crippen molar-refractivity contribution < 1.29 is 24.5 Å². The van der Waals surface area contributed by atoms with E-state index in [0.29, 0.717) is 0 Å². The zero-order chi connectivity index (χ0) is 15.1. The number of amides is 1. The lowest BCUT2D eigenvalue weighted by Crippen LogP contribution is -2.24. The fraction of sp³-hybridized carbons (Fsp3) is 0.286. The van der Waals surface area contributed by atoms with E-state index in [9.17, 15) is 19.8 Å². The number of esters is 1. The van der Waals surface area contributed by atoms with Crippen molar-refractivity contribution in [2.24, 2.45) is 0 Å². The van der Waals surface area contributed by atoms with Gasteiger partial charge in [0.25, 0.3) is 0 Å². The van der Waals surface area contributed by atoms with Crippen LogP contribution in [-0.4, -0.2) is 28.7 Å². The number of carbonyl (C=O) groups excluding carboxylic acids is 2. The molecule has 0 aliphatic heterocycles. The average molecular weight is 279 g/mol. The Labute approximate surface area is 116 Å². The second kappa shape index (κ2) is 7.18. The molecule has 0 aromatic heterocycles. The number of hydrogen-bond acceptors (Lipinski definition) is 5. The lowest BCUT2D eigenvalue weighted by molar-refractivity contribution is -0.141. The first-order valence-corrected chi connectivity index (χ1v) is 6.01. The minimum atomic E-state index is -0.431. The van der Waals surface area contributed by atoms with Gasteiger partial charge in [-0.05, 0) is 12.1 Å². The molecule has 20 heavy (non-hydrogen) atoms. The molecule has 0 atom stereocenters. The number of benzene rings is 1. The predicted octanol–water partition coefficient (Wildman–Crippen LogP) is 1.22. The van der Waals surface area contributed by atoms with Crippen molar-refractivity contribution in [2.75, 3.05) is 6.61 Å². The van der Waals surface area contributed by atoms with E-state index in [2.05, 4.69) is 11.9 Å². The molecule has 0 spiro atoms. The number of ether oxygens (including phenoxy) is 1. The standard InChI is InChI=1S/C14H17NO5/c1-9(6-7-20-10(2)16)14(19)15-8-11-12(17)4-3-5-13(11)18/h3-5,17-18H,1,6-8H2,2H3,(H,15,19). The summed E-state index contributed by atoms with van der Waals surface area (Å²) in [5, 5.41) is 21.6. The van der Waals surface area contributed by atoms with Crippen molar-refractivity contribution in [3.05, 3.63) is 35.9 Å². The smallest absolute Gasteiger partial charge is 0.302 e. The zero-order valence-electron chi connectivity index (χ0n) is 11.2. The number of phenolic OH excluding ortho intramolecular Hbond substituents is 2. The third kappa shape index (κ3) is 4.64. The third-order valence-electron chi connectivity index (χ3n) is 2.58. The summed E-state index contributed by atoms with van der Waals surface area (Å²) in [6.45, 7) is 4.92. The summed E-state index contributed by atoms with van der Waals surface area (Å²) in [6.07, 6.45) is 0.220. The van der Waals surface area contributed by atoms with Gasteiger partial charge < -0.3 is 20.3 Å². The minimum absolute atomic E-state index is 0.0239. The van der Waals surface area contributed by atoms with Crippen LogP contribution in [-0.2, 0) is 20.9 Å². The van der Waals surface area contributed by atoms with Crippen LogP contribution in [0.3, 0.4) is 0 Å². The van der Waals surface area contributed by atoms with E-state index in [4.69, 9.17) is 4.74 Å². The maximum atomic E-state index is 11.7. The van der Waals surface area contributed by atoms with Crippen molar-refractivity contribution in [1.82, 2.24) is 5.32 Å². The van der Waals surface area contributed by atoms with Crippen LogP contribution in [0.4, 0.5) is 0 Å². The quantitative estimate of drug-likeness (QED) is 0.537. The molecule has 0 saturated heterocycles. The molecule has 0 aliphatic carbocycles. The van der Waals surface area contributed by atoms with Crippen LogP contribution in [0, 0.1) is 0 Å². The molecule has 0 saturated carbocycles. The van der Waals surface area contributed by atoms with Crippen LogP contribution in [0.2, 0.25) is 0 Å². The van der Waals surface area contributed by atoms with Gasteiger partial charge in [-0.1, -0.05) is 12.6 Å². The lowest BCUT2D eigenvalue weighted by Gasteiger charge is -2.10.